The number of carbonyl (C=O) groups excluding carboxylic acids is 1. The van der Waals surface area contributed by atoms with Crippen molar-refractivity contribution in [3.8, 4) is 22.9 Å². The van der Waals surface area contributed by atoms with Crippen LogP contribution in [0.15, 0.2) is 54.9 Å². The molecule has 1 amide bonds. The fraction of sp³-hybridized carbons (Fsp3) is 0.308. The van der Waals surface area contributed by atoms with Gasteiger partial charge in [0.2, 0.25) is 5.91 Å². The summed E-state index contributed by atoms with van der Waals surface area (Å²) < 4.78 is 11.3. The molecule has 0 atom stereocenters. The van der Waals surface area contributed by atoms with E-state index in [4.69, 9.17) is 14.6 Å². The molecule has 0 unspecified atom stereocenters. The van der Waals surface area contributed by atoms with E-state index in [0.29, 0.717) is 22.8 Å². The normalized spacial score (nSPS) is 13.8. The number of aromatic hydroxyl groups is 1. The van der Waals surface area contributed by atoms with E-state index in [2.05, 4.69) is 15.3 Å². The van der Waals surface area contributed by atoms with Crippen LogP contribution >= 0.6 is 0 Å². The first-order valence-corrected chi connectivity index (χ1v) is 11.5. The van der Waals surface area contributed by atoms with Gasteiger partial charge in [0.1, 0.15) is 30.3 Å². The van der Waals surface area contributed by atoms with Gasteiger partial charge in [-0.1, -0.05) is 31.4 Å². The zero-order valence-electron chi connectivity index (χ0n) is 19.1. The molecule has 0 radical (unpaired) electrons. The summed E-state index contributed by atoms with van der Waals surface area (Å²) in [5.41, 5.74) is 1.83. The van der Waals surface area contributed by atoms with Crippen LogP contribution in [0.2, 0.25) is 0 Å². The van der Waals surface area contributed by atoms with Crippen LogP contribution in [-0.2, 0) is 16.1 Å². The number of hydrogen-bond acceptors (Lipinski definition) is 7. The predicted molar refractivity (Wildman–Crippen MR) is 128 cm³/mol. The van der Waals surface area contributed by atoms with Crippen molar-refractivity contribution in [3.05, 3.63) is 66.0 Å². The maximum absolute atomic E-state index is 12.3. The molecule has 4 rings (SSSR count). The Morgan fingerprint density at radius 3 is 2.54 bits per heavy atom. The molecule has 0 spiro atoms. The van der Waals surface area contributed by atoms with Crippen molar-refractivity contribution in [1.29, 1.82) is 0 Å². The Bertz CT molecular complexity index is 1180. The molecule has 1 fully saturated rings. The van der Waals surface area contributed by atoms with E-state index >= 15 is 0 Å². The number of hydrogen-bond donors (Lipinski definition) is 3. The number of carboxylic acid groups (broad SMARTS) is 1. The highest BCUT2D eigenvalue weighted by Crippen LogP contribution is 2.24. The molecule has 9 heteroatoms. The number of nitrogens with zero attached hydrogens (tertiary/aromatic N) is 2. The van der Waals surface area contributed by atoms with Crippen LogP contribution in [0.4, 0.5) is 5.69 Å². The van der Waals surface area contributed by atoms with Gasteiger partial charge >= 0.3 is 5.97 Å². The summed E-state index contributed by atoms with van der Waals surface area (Å²) in [5, 5.41) is 21.5. The lowest BCUT2D eigenvalue weighted by Crippen LogP contribution is -2.24. The second-order valence-corrected chi connectivity index (χ2v) is 8.39. The molecule has 35 heavy (non-hydrogen) atoms. The number of amides is 1. The van der Waals surface area contributed by atoms with Crippen molar-refractivity contribution in [2.24, 2.45) is 0 Å². The number of benzene rings is 2. The number of ether oxygens (including phenoxy) is 2. The van der Waals surface area contributed by atoms with Crippen LogP contribution in [0.25, 0.3) is 11.4 Å². The Hall–Kier alpha value is -3.98. The van der Waals surface area contributed by atoms with E-state index in [-0.39, 0.29) is 36.5 Å². The average Bonchev–Trinajstić information content (AvgIpc) is 2.88. The van der Waals surface area contributed by atoms with Crippen molar-refractivity contribution in [1.82, 2.24) is 9.97 Å². The third-order valence-corrected chi connectivity index (χ3v) is 5.72. The van der Waals surface area contributed by atoms with Gasteiger partial charge in [-0.15, -0.1) is 0 Å². The molecule has 1 saturated carbocycles. The number of nitrogens with one attached hydrogen (secondary N) is 1. The smallest absolute Gasteiger partial charge is 0.339 e. The van der Waals surface area contributed by atoms with Gasteiger partial charge in [0.25, 0.3) is 0 Å². The van der Waals surface area contributed by atoms with Crippen LogP contribution in [-0.4, -0.2) is 44.8 Å². The fourth-order valence-electron chi connectivity index (χ4n) is 3.88. The number of phenols is 1. The Morgan fingerprint density at radius 1 is 1.03 bits per heavy atom. The van der Waals surface area contributed by atoms with Crippen molar-refractivity contribution < 1.29 is 29.3 Å². The van der Waals surface area contributed by atoms with Gasteiger partial charge in [-0.2, -0.15) is 0 Å². The van der Waals surface area contributed by atoms with E-state index < -0.39 is 5.97 Å². The zero-order chi connectivity index (χ0) is 24.6. The Morgan fingerprint density at radius 2 is 1.80 bits per heavy atom. The molecule has 182 valence electrons. The maximum Gasteiger partial charge on any atom is 0.339 e. The minimum Gasteiger partial charge on any atom is -0.507 e. The Labute approximate surface area is 202 Å². The number of anilines is 1. The predicted octanol–water partition coefficient (Wildman–Crippen LogP) is 4.41. The molecule has 1 heterocycles. The number of aromatic carboxylic acids is 1. The monoisotopic (exact) mass is 477 g/mol. The lowest BCUT2D eigenvalue weighted by atomic mass is 9.98. The third kappa shape index (κ3) is 6.77. The quantitative estimate of drug-likeness (QED) is 0.413. The van der Waals surface area contributed by atoms with Gasteiger partial charge in [-0.05, 0) is 43.2 Å². The molecule has 2 aromatic carbocycles. The number of carboxylic acids is 1. The highest BCUT2D eigenvalue weighted by atomic mass is 16.5. The molecular formula is C26H27N3O6. The van der Waals surface area contributed by atoms with Gasteiger partial charge in [0, 0.05) is 29.2 Å². The molecule has 0 saturated heterocycles. The number of carbonyl (C=O) groups is 2. The molecule has 3 aromatic rings. The SMILES string of the molecule is O=C(COC1CCCCC1)Nc1cccc(-c2ncc(COc3ccc(O)c(C(=O)O)c3)cn2)c1. The van der Waals surface area contributed by atoms with Gasteiger partial charge in [-0.3, -0.25) is 4.79 Å². The zero-order valence-corrected chi connectivity index (χ0v) is 19.1. The van der Waals surface area contributed by atoms with Crippen LogP contribution in [0.1, 0.15) is 48.0 Å². The largest absolute Gasteiger partial charge is 0.507 e. The topological polar surface area (TPSA) is 131 Å². The molecule has 3 N–H and O–H groups in total. The summed E-state index contributed by atoms with van der Waals surface area (Å²) in [7, 11) is 0. The summed E-state index contributed by atoms with van der Waals surface area (Å²) in [5.74, 6) is -0.966. The first-order chi connectivity index (χ1) is 17.0. The van der Waals surface area contributed by atoms with E-state index in [1.54, 1.807) is 24.5 Å². The second-order valence-electron chi connectivity index (χ2n) is 8.39. The summed E-state index contributed by atoms with van der Waals surface area (Å²) in [4.78, 5) is 32.2. The maximum atomic E-state index is 12.3. The molecule has 1 aliphatic rings. The minimum atomic E-state index is -1.24. The fourth-order valence-corrected chi connectivity index (χ4v) is 3.88. The summed E-state index contributed by atoms with van der Waals surface area (Å²) in [6, 6.07) is 11.3. The van der Waals surface area contributed by atoms with E-state index in [1.807, 2.05) is 12.1 Å². The summed E-state index contributed by atoms with van der Waals surface area (Å²) >= 11 is 0. The number of rotatable bonds is 9. The van der Waals surface area contributed by atoms with Gasteiger partial charge in [-0.25, -0.2) is 14.8 Å². The van der Waals surface area contributed by atoms with Crippen molar-refractivity contribution >= 4 is 17.6 Å². The molecule has 0 aliphatic heterocycles. The highest BCUT2D eigenvalue weighted by molar-refractivity contribution is 5.92. The number of aromatic nitrogens is 2. The Balaban J connectivity index is 1.32. The molecule has 1 aliphatic carbocycles. The lowest BCUT2D eigenvalue weighted by molar-refractivity contribution is -0.123. The molecule has 0 bridgehead atoms. The average molecular weight is 478 g/mol. The first kappa shape index (κ1) is 24.2. The first-order valence-electron chi connectivity index (χ1n) is 11.5. The molecule has 1 aromatic heterocycles. The highest BCUT2D eigenvalue weighted by Gasteiger charge is 2.15. The third-order valence-electron chi connectivity index (χ3n) is 5.72. The minimum absolute atomic E-state index is 0.0368. The van der Waals surface area contributed by atoms with Crippen LogP contribution < -0.4 is 10.1 Å². The lowest BCUT2D eigenvalue weighted by Gasteiger charge is -2.21. The van der Waals surface area contributed by atoms with E-state index in [9.17, 15) is 14.7 Å². The summed E-state index contributed by atoms with van der Waals surface area (Å²) in [6.07, 6.45) is 8.97. The van der Waals surface area contributed by atoms with Crippen molar-refractivity contribution in [2.45, 2.75) is 44.8 Å². The van der Waals surface area contributed by atoms with Gasteiger partial charge in [0.05, 0.1) is 6.10 Å². The van der Waals surface area contributed by atoms with E-state index in [0.717, 1.165) is 31.2 Å². The standard InChI is InChI=1S/C26H27N3O6/c30-23-10-9-21(12-22(23)26(32)33)34-15-17-13-27-25(28-14-17)18-5-4-6-19(11-18)29-24(31)16-35-20-7-2-1-3-8-20/h4-6,9-14,20,30H,1-3,7-8,15-16H2,(H,29,31)(H,32,33). The van der Waals surface area contributed by atoms with Crippen molar-refractivity contribution in [3.63, 3.8) is 0 Å². The van der Waals surface area contributed by atoms with Crippen LogP contribution in [0, 0.1) is 0 Å². The van der Waals surface area contributed by atoms with Crippen LogP contribution in [0.3, 0.4) is 0 Å². The second kappa shape index (κ2) is 11.4. The van der Waals surface area contributed by atoms with E-state index in [1.165, 1.54) is 24.6 Å². The van der Waals surface area contributed by atoms with Gasteiger partial charge < -0.3 is 25.0 Å². The summed E-state index contributed by atoms with van der Waals surface area (Å²) in [6.45, 7) is 0.163. The van der Waals surface area contributed by atoms with Crippen LogP contribution in [0.5, 0.6) is 11.5 Å². The molecular weight excluding hydrogens is 450 g/mol. The van der Waals surface area contributed by atoms with Gasteiger partial charge in [0.15, 0.2) is 5.82 Å². The van der Waals surface area contributed by atoms with Crippen molar-refractivity contribution in [2.75, 3.05) is 11.9 Å². The molecule has 9 nitrogen and oxygen atoms in total. The Kier molecular flexibility index (Phi) is 7.89.